The van der Waals surface area contributed by atoms with Gasteiger partial charge in [-0.15, -0.1) is 0 Å². The number of hydrogen-bond acceptors (Lipinski definition) is 4. The minimum Gasteiger partial charge on any atom is -0.486 e. The first-order chi connectivity index (χ1) is 11.5. The lowest BCUT2D eigenvalue weighted by Crippen LogP contribution is -2.28. The van der Waals surface area contributed by atoms with E-state index >= 15 is 0 Å². The van der Waals surface area contributed by atoms with E-state index in [-0.39, 0.29) is 17.1 Å². The number of fused-ring (bicyclic) bond motifs is 1. The van der Waals surface area contributed by atoms with Crippen molar-refractivity contribution in [1.29, 1.82) is 0 Å². The van der Waals surface area contributed by atoms with Gasteiger partial charge in [0.1, 0.15) is 19.0 Å². The van der Waals surface area contributed by atoms with Gasteiger partial charge in [-0.1, -0.05) is 23.7 Å². The Morgan fingerprint density at radius 1 is 1.29 bits per heavy atom. The van der Waals surface area contributed by atoms with Gasteiger partial charge in [-0.25, -0.2) is 4.39 Å². The topological polar surface area (TPSA) is 67.8 Å². The number of rotatable bonds is 4. The SMILES string of the molecule is O=C(NCC(O)c1cccc(F)c1)c1cc(Cl)c2c(c1)OCCO2. The zero-order chi connectivity index (χ0) is 17.1. The quantitative estimate of drug-likeness (QED) is 0.888. The van der Waals surface area contributed by atoms with Crippen LogP contribution < -0.4 is 14.8 Å². The highest BCUT2D eigenvalue weighted by Gasteiger charge is 2.19. The fraction of sp³-hybridized carbons (Fsp3) is 0.235. The predicted molar refractivity (Wildman–Crippen MR) is 86.1 cm³/mol. The summed E-state index contributed by atoms with van der Waals surface area (Å²) < 4.78 is 24.0. The predicted octanol–water partition coefficient (Wildman–Crippen LogP) is 2.71. The fourth-order valence-electron chi connectivity index (χ4n) is 2.37. The number of halogens is 2. The van der Waals surface area contributed by atoms with Crippen molar-refractivity contribution in [3.05, 3.63) is 58.4 Å². The van der Waals surface area contributed by atoms with Crippen molar-refractivity contribution in [2.45, 2.75) is 6.10 Å². The second-order valence-corrected chi connectivity index (χ2v) is 5.67. The van der Waals surface area contributed by atoms with Crippen molar-refractivity contribution in [3.8, 4) is 11.5 Å². The van der Waals surface area contributed by atoms with E-state index in [4.69, 9.17) is 21.1 Å². The third-order valence-corrected chi connectivity index (χ3v) is 3.83. The molecule has 0 spiro atoms. The van der Waals surface area contributed by atoms with Gasteiger partial charge in [0.25, 0.3) is 5.91 Å². The minimum absolute atomic E-state index is 0.0612. The van der Waals surface area contributed by atoms with Crippen LogP contribution in [0, 0.1) is 5.82 Å². The maximum absolute atomic E-state index is 13.2. The molecule has 1 heterocycles. The van der Waals surface area contributed by atoms with Gasteiger partial charge in [0.15, 0.2) is 11.5 Å². The summed E-state index contributed by atoms with van der Waals surface area (Å²) in [6.07, 6.45) is -1.02. The molecule has 0 fully saturated rings. The van der Waals surface area contributed by atoms with Gasteiger partial charge in [0, 0.05) is 12.1 Å². The Hall–Kier alpha value is -2.31. The Morgan fingerprint density at radius 2 is 2.08 bits per heavy atom. The molecule has 1 atom stereocenters. The molecule has 2 aromatic carbocycles. The lowest BCUT2D eigenvalue weighted by atomic mass is 10.1. The average Bonchev–Trinajstić information content (AvgIpc) is 2.59. The molecular weight excluding hydrogens is 337 g/mol. The Bertz CT molecular complexity index is 768. The summed E-state index contributed by atoms with van der Waals surface area (Å²) in [6, 6.07) is 8.59. The number of aliphatic hydroxyl groups excluding tert-OH is 1. The summed E-state index contributed by atoms with van der Waals surface area (Å²) in [7, 11) is 0. The van der Waals surface area contributed by atoms with Gasteiger partial charge in [-0.05, 0) is 29.8 Å². The van der Waals surface area contributed by atoms with Gasteiger partial charge >= 0.3 is 0 Å². The van der Waals surface area contributed by atoms with Gasteiger partial charge in [-0.3, -0.25) is 4.79 Å². The van der Waals surface area contributed by atoms with Gasteiger partial charge in [0.2, 0.25) is 0 Å². The van der Waals surface area contributed by atoms with E-state index in [1.165, 1.54) is 30.3 Å². The van der Waals surface area contributed by atoms with Crippen LogP contribution in [0.4, 0.5) is 4.39 Å². The molecule has 3 rings (SSSR count). The third kappa shape index (κ3) is 3.60. The first-order valence-corrected chi connectivity index (χ1v) is 7.73. The Kier molecular flexibility index (Phi) is 4.87. The van der Waals surface area contributed by atoms with Gasteiger partial charge < -0.3 is 19.9 Å². The highest BCUT2D eigenvalue weighted by atomic mass is 35.5. The number of nitrogens with one attached hydrogen (secondary N) is 1. The van der Waals surface area contributed by atoms with E-state index in [0.29, 0.717) is 30.3 Å². The Balaban J connectivity index is 1.68. The van der Waals surface area contributed by atoms with Gasteiger partial charge in [-0.2, -0.15) is 0 Å². The molecule has 1 unspecified atom stereocenters. The number of benzene rings is 2. The van der Waals surface area contributed by atoms with Crippen LogP contribution in [0.1, 0.15) is 22.0 Å². The zero-order valence-electron chi connectivity index (χ0n) is 12.6. The van der Waals surface area contributed by atoms with E-state index < -0.39 is 17.8 Å². The molecule has 126 valence electrons. The smallest absolute Gasteiger partial charge is 0.251 e. The van der Waals surface area contributed by atoms with Crippen molar-refractivity contribution >= 4 is 17.5 Å². The van der Waals surface area contributed by atoms with Crippen LogP contribution in [-0.4, -0.2) is 30.8 Å². The summed E-state index contributed by atoms with van der Waals surface area (Å²) in [6.45, 7) is 0.721. The molecule has 7 heteroatoms. The second-order valence-electron chi connectivity index (χ2n) is 5.26. The van der Waals surface area contributed by atoms with E-state index in [1.54, 1.807) is 6.07 Å². The molecule has 1 amide bonds. The number of hydrogen-bond donors (Lipinski definition) is 2. The Morgan fingerprint density at radius 3 is 2.88 bits per heavy atom. The summed E-state index contributed by atoms with van der Waals surface area (Å²) in [5, 5.41) is 12.9. The Labute approximate surface area is 143 Å². The minimum atomic E-state index is -1.02. The molecule has 5 nitrogen and oxygen atoms in total. The number of ether oxygens (including phenoxy) is 2. The third-order valence-electron chi connectivity index (χ3n) is 3.55. The highest BCUT2D eigenvalue weighted by molar-refractivity contribution is 6.32. The van der Waals surface area contributed by atoms with Crippen LogP contribution in [0.25, 0.3) is 0 Å². The highest BCUT2D eigenvalue weighted by Crippen LogP contribution is 2.38. The molecular formula is C17H15ClFNO4. The van der Waals surface area contributed by atoms with Crippen molar-refractivity contribution < 1.29 is 23.8 Å². The van der Waals surface area contributed by atoms with Gasteiger partial charge in [0.05, 0.1) is 11.1 Å². The fourth-order valence-corrected chi connectivity index (χ4v) is 2.63. The first-order valence-electron chi connectivity index (χ1n) is 7.35. The summed E-state index contributed by atoms with van der Waals surface area (Å²) in [5.74, 6) is -0.0512. The number of aliphatic hydroxyl groups is 1. The summed E-state index contributed by atoms with van der Waals surface area (Å²) >= 11 is 6.09. The van der Waals surface area contributed by atoms with E-state index in [9.17, 15) is 14.3 Å². The molecule has 24 heavy (non-hydrogen) atoms. The van der Waals surface area contributed by atoms with Crippen LogP contribution in [0.15, 0.2) is 36.4 Å². The molecule has 0 bridgehead atoms. The molecule has 0 aliphatic carbocycles. The van der Waals surface area contributed by atoms with Crippen molar-refractivity contribution in [3.63, 3.8) is 0 Å². The maximum atomic E-state index is 13.2. The van der Waals surface area contributed by atoms with Crippen LogP contribution in [0.2, 0.25) is 5.02 Å². The maximum Gasteiger partial charge on any atom is 0.251 e. The molecule has 0 radical (unpaired) electrons. The van der Waals surface area contributed by atoms with Crippen LogP contribution in [-0.2, 0) is 0 Å². The molecule has 2 aromatic rings. The largest absolute Gasteiger partial charge is 0.486 e. The van der Waals surface area contributed by atoms with Crippen molar-refractivity contribution in [2.75, 3.05) is 19.8 Å². The zero-order valence-corrected chi connectivity index (χ0v) is 13.3. The summed E-state index contributed by atoms with van der Waals surface area (Å²) in [4.78, 5) is 12.2. The van der Waals surface area contributed by atoms with Crippen LogP contribution in [0.3, 0.4) is 0 Å². The molecule has 0 saturated heterocycles. The van der Waals surface area contributed by atoms with E-state index in [0.717, 1.165) is 0 Å². The lowest BCUT2D eigenvalue weighted by molar-refractivity contribution is 0.0915. The molecule has 0 saturated carbocycles. The molecule has 1 aliphatic rings. The number of amides is 1. The summed E-state index contributed by atoms with van der Waals surface area (Å²) in [5.41, 5.74) is 0.672. The number of carbonyl (C=O) groups is 1. The molecule has 1 aliphatic heterocycles. The standard InChI is InChI=1S/C17H15ClFNO4/c18-13-7-11(8-15-16(13)24-5-4-23-15)17(22)20-9-14(21)10-2-1-3-12(19)6-10/h1-3,6-8,14,21H,4-5,9H2,(H,20,22). The van der Waals surface area contributed by atoms with E-state index in [2.05, 4.69) is 5.32 Å². The van der Waals surface area contributed by atoms with Crippen molar-refractivity contribution in [1.82, 2.24) is 5.32 Å². The number of carbonyl (C=O) groups excluding carboxylic acids is 1. The van der Waals surface area contributed by atoms with E-state index in [1.807, 2.05) is 0 Å². The second kappa shape index (κ2) is 7.07. The average molecular weight is 352 g/mol. The van der Waals surface area contributed by atoms with Crippen LogP contribution in [0.5, 0.6) is 11.5 Å². The van der Waals surface area contributed by atoms with Crippen LogP contribution >= 0.6 is 11.6 Å². The lowest BCUT2D eigenvalue weighted by Gasteiger charge is -2.20. The van der Waals surface area contributed by atoms with Crippen molar-refractivity contribution in [2.24, 2.45) is 0 Å². The monoisotopic (exact) mass is 351 g/mol. The molecule has 0 aromatic heterocycles. The first kappa shape index (κ1) is 16.5. The molecule has 2 N–H and O–H groups in total. The normalized spacial score (nSPS) is 14.1.